The number of carbonyl (C=O) groups is 2. The van der Waals surface area contributed by atoms with E-state index < -0.39 is 28.5 Å². The lowest BCUT2D eigenvalue weighted by Crippen LogP contribution is -2.52. The van der Waals surface area contributed by atoms with E-state index in [0.29, 0.717) is 34.3 Å². The monoisotopic (exact) mass is 543 g/mol. The molecule has 2 rings (SSSR count). The summed E-state index contributed by atoms with van der Waals surface area (Å²) in [5.74, 6) is -0.429. The predicted molar refractivity (Wildman–Crippen MR) is 140 cm³/mol. The van der Waals surface area contributed by atoms with E-state index in [1.165, 1.54) is 18.1 Å². The summed E-state index contributed by atoms with van der Waals surface area (Å²) in [5, 5.41) is 3.60. The zero-order chi connectivity index (χ0) is 26.2. The maximum atomic E-state index is 13.6. The van der Waals surface area contributed by atoms with Gasteiger partial charge in [0.1, 0.15) is 18.3 Å². The minimum Gasteiger partial charge on any atom is -0.497 e. The molecule has 0 spiro atoms. The molecule has 35 heavy (non-hydrogen) atoms. The molecule has 0 aromatic heterocycles. The van der Waals surface area contributed by atoms with Crippen LogP contribution in [0.2, 0.25) is 10.0 Å². The van der Waals surface area contributed by atoms with Crippen molar-refractivity contribution < 1.29 is 22.7 Å². The molecule has 0 aliphatic heterocycles. The first kappa shape index (κ1) is 28.7. The molecule has 0 saturated carbocycles. The molecule has 0 aliphatic rings. The van der Waals surface area contributed by atoms with E-state index >= 15 is 0 Å². The highest BCUT2D eigenvalue weighted by atomic mass is 35.5. The number of carbonyl (C=O) groups excluding carboxylic acids is 2. The van der Waals surface area contributed by atoms with Gasteiger partial charge >= 0.3 is 0 Å². The number of rotatable bonds is 12. The van der Waals surface area contributed by atoms with Gasteiger partial charge in [-0.25, -0.2) is 8.42 Å². The van der Waals surface area contributed by atoms with E-state index in [1.54, 1.807) is 43.3 Å². The third-order valence-corrected chi connectivity index (χ3v) is 7.04. The van der Waals surface area contributed by atoms with Crippen molar-refractivity contribution >= 4 is 50.7 Å². The molecule has 0 aliphatic carbocycles. The van der Waals surface area contributed by atoms with E-state index in [-0.39, 0.29) is 18.1 Å². The Bertz CT molecular complexity index is 1140. The summed E-state index contributed by atoms with van der Waals surface area (Å²) in [6.45, 7) is 3.67. The van der Waals surface area contributed by atoms with Crippen molar-refractivity contribution in [3.05, 3.63) is 58.1 Å². The maximum Gasteiger partial charge on any atom is 0.244 e. The average molecular weight is 545 g/mol. The fraction of sp³-hybridized carbons (Fsp3) is 0.417. The first-order chi connectivity index (χ1) is 16.5. The molecule has 0 unspecified atom stereocenters. The minimum atomic E-state index is -3.84. The highest BCUT2D eigenvalue weighted by Gasteiger charge is 2.32. The van der Waals surface area contributed by atoms with Crippen molar-refractivity contribution in [1.82, 2.24) is 10.2 Å². The molecule has 2 aromatic carbocycles. The summed E-state index contributed by atoms with van der Waals surface area (Å²) in [4.78, 5) is 27.9. The van der Waals surface area contributed by atoms with Gasteiger partial charge in [0.2, 0.25) is 21.8 Å². The lowest BCUT2D eigenvalue weighted by atomic mass is 10.1. The van der Waals surface area contributed by atoms with Gasteiger partial charge < -0.3 is 15.0 Å². The van der Waals surface area contributed by atoms with Gasteiger partial charge in [0.25, 0.3) is 0 Å². The van der Waals surface area contributed by atoms with E-state index in [9.17, 15) is 18.0 Å². The van der Waals surface area contributed by atoms with Crippen LogP contribution in [0.15, 0.2) is 42.5 Å². The number of anilines is 1. The third-order valence-electron chi connectivity index (χ3n) is 5.31. The number of halogens is 2. The Balaban J connectivity index is 2.47. The third kappa shape index (κ3) is 8.02. The van der Waals surface area contributed by atoms with Crippen LogP contribution in [0.5, 0.6) is 5.75 Å². The van der Waals surface area contributed by atoms with Gasteiger partial charge in [0.05, 0.1) is 19.1 Å². The molecule has 0 bridgehead atoms. The van der Waals surface area contributed by atoms with E-state index in [0.717, 1.165) is 17.0 Å². The quantitative estimate of drug-likeness (QED) is 0.434. The number of ether oxygens (including phenoxy) is 1. The van der Waals surface area contributed by atoms with Crippen molar-refractivity contribution in [3.8, 4) is 5.75 Å². The van der Waals surface area contributed by atoms with Crippen LogP contribution in [-0.2, 0) is 26.2 Å². The topological polar surface area (TPSA) is 96.0 Å². The lowest BCUT2D eigenvalue weighted by molar-refractivity contribution is -0.140. The highest BCUT2D eigenvalue weighted by Crippen LogP contribution is 2.26. The van der Waals surface area contributed by atoms with E-state index in [4.69, 9.17) is 27.9 Å². The molecule has 11 heteroatoms. The molecule has 0 saturated heterocycles. The van der Waals surface area contributed by atoms with Crippen LogP contribution in [0, 0.1) is 0 Å². The second-order valence-electron chi connectivity index (χ2n) is 7.94. The van der Waals surface area contributed by atoms with Crippen LogP contribution in [-0.4, -0.2) is 57.6 Å². The normalized spacial score (nSPS) is 12.1. The largest absolute Gasteiger partial charge is 0.497 e. The summed E-state index contributed by atoms with van der Waals surface area (Å²) in [7, 11) is -2.37. The summed E-state index contributed by atoms with van der Waals surface area (Å²) < 4.78 is 31.5. The van der Waals surface area contributed by atoms with Crippen molar-refractivity contribution in [2.24, 2.45) is 0 Å². The van der Waals surface area contributed by atoms with Gasteiger partial charge in [-0.3, -0.25) is 13.9 Å². The van der Waals surface area contributed by atoms with Gasteiger partial charge in [-0.05, 0) is 42.7 Å². The fourth-order valence-corrected chi connectivity index (χ4v) is 4.81. The Morgan fingerprint density at radius 1 is 1.11 bits per heavy atom. The molecular formula is C24H31Cl2N3O5S. The first-order valence-corrected chi connectivity index (χ1v) is 13.7. The number of hydrogen-bond acceptors (Lipinski definition) is 5. The smallest absolute Gasteiger partial charge is 0.244 e. The number of nitrogens with zero attached hydrogens (tertiary/aromatic N) is 2. The molecule has 2 aromatic rings. The standard InChI is InChI=1S/C24H31Cl2N3O5S/c1-5-12-27-24(31)22(6-2)28(15-17-10-11-18(25)13-21(17)26)23(30)16-29(35(4,32)33)19-8-7-9-20(14-19)34-3/h7-11,13-14,22H,5-6,12,15-16H2,1-4H3,(H,27,31)/t22-/m0/s1. The summed E-state index contributed by atoms with van der Waals surface area (Å²) >= 11 is 12.4. The molecule has 0 heterocycles. The Morgan fingerprint density at radius 3 is 2.40 bits per heavy atom. The second kappa shape index (κ2) is 13.0. The van der Waals surface area contributed by atoms with Crippen LogP contribution in [0.4, 0.5) is 5.69 Å². The number of benzene rings is 2. The van der Waals surface area contributed by atoms with Crippen LogP contribution < -0.4 is 14.4 Å². The number of nitrogens with one attached hydrogen (secondary N) is 1. The molecule has 0 radical (unpaired) electrons. The van der Waals surface area contributed by atoms with Gasteiger partial charge in [0, 0.05) is 29.2 Å². The van der Waals surface area contributed by atoms with Gasteiger partial charge in [0.15, 0.2) is 0 Å². The van der Waals surface area contributed by atoms with Crippen LogP contribution >= 0.6 is 23.2 Å². The fourth-order valence-electron chi connectivity index (χ4n) is 3.50. The Hall–Kier alpha value is -2.49. The molecular weight excluding hydrogens is 513 g/mol. The van der Waals surface area contributed by atoms with Gasteiger partial charge in [-0.15, -0.1) is 0 Å². The first-order valence-electron chi connectivity index (χ1n) is 11.1. The van der Waals surface area contributed by atoms with E-state index in [1.807, 2.05) is 6.92 Å². The molecule has 1 N–H and O–H groups in total. The molecule has 8 nitrogen and oxygen atoms in total. The summed E-state index contributed by atoms with van der Waals surface area (Å²) in [6, 6.07) is 10.5. The molecule has 2 amide bonds. The number of methoxy groups -OCH3 is 1. The highest BCUT2D eigenvalue weighted by molar-refractivity contribution is 7.92. The molecule has 1 atom stereocenters. The maximum absolute atomic E-state index is 13.6. The summed E-state index contributed by atoms with van der Waals surface area (Å²) in [6.07, 6.45) is 2.08. The second-order valence-corrected chi connectivity index (χ2v) is 10.7. The SMILES string of the molecule is CCCNC(=O)[C@H](CC)N(Cc1ccc(Cl)cc1Cl)C(=O)CN(c1cccc(OC)c1)S(C)(=O)=O. The Labute approximate surface area is 217 Å². The van der Waals surface area contributed by atoms with Crippen LogP contribution in [0.25, 0.3) is 0 Å². The van der Waals surface area contributed by atoms with Crippen molar-refractivity contribution in [2.75, 3.05) is 30.8 Å². The number of amides is 2. The molecule has 192 valence electrons. The summed E-state index contributed by atoms with van der Waals surface area (Å²) in [5.41, 5.74) is 0.853. The Kier molecular flexibility index (Phi) is 10.7. The van der Waals surface area contributed by atoms with Crippen molar-refractivity contribution in [3.63, 3.8) is 0 Å². The van der Waals surface area contributed by atoms with Crippen molar-refractivity contribution in [1.29, 1.82) is 0 Å². The van der Waals surface area contributed by atoms with Gasteiger partial charge in [-0.1, -0.05) is 49.2 Å². The van der Waals surface area contributed by atoms with Gasteiger partial charge in [-0.2, -0.15) is 0 Å². The zero-order valence-corrected chi connectivity index (χ0v) is 22.6. The Morgan fingerprint density at radius 2 is 1.83 bits per heavy atom. The van der Waals surface area contributed by atoms with Crippen LogP contribution in [0.3, 0.4) is 0 Å². The number of hydrogen-bond donors (Lipinski definition) is 1. The van der Waals surface area contributed by atoms with E-state index in [2.05, 4.69) is 5.32 Å². The minimum absolute atomic E-state index is 0.00258. The predicted octanol–water partition coefficient (Wildman–Crippen LogP) is 4.10. The lowest BCUT2D eigenvalue weighted by Gasteiger charge is -2.33. The van der Waals surface area contributed by atoms with Crippen molar-refractivity contribution in [2.45, 2.75) is 39.3 Å². The van der Waals surface area contributed by atoms with Crippen LogP contribution in [0.1, 0.15) is 32.3 Å². The average Bonchev–Trinajstić information content (AvgIpc) is 2.81. The molecule has 0 fully saturated rings. The number of sulfonamides is 1. The zero-order valence-electron chi connectivity index (χ0n) is 20.3.